The van der Waals surface area contributed by atoms with Crippen LogP contribution in [0.15, 0.2) is 24.3 Å². The van der Waals surface area contributed by atoms with Gasteiger partial charge in [-0.05, 0) is 29.9 Å². The summed E-state index contributed by atoms with van der Waals surface area (Å²) in [7, 11) is 0. The van der Waals surface area contributed by atoms with E-state index in [1.165, 1.54) is 4.90 Å². The third-order valence-electron chi connectivity index (χ3n) is 4.95. The zero-order valence-electron chi connectivity index (χ0n) is 12.3. The van der Waals surface area contributed by atoms with Crippen molar-refractivity contribution in [2.24, 2.45) is 17.8 Å². The van der Waals surface area contributed by atoms with Crippen molar-refractivity contribution < 1.29 is 14.7 Å². The fourth-order valence-corrected chi connectivity index (χ4v) is 3.62. The first-order valence-electron chi connectivity index (χ1n) is 7.68. The van der Waals surface area contributed by atoms with Gasteiger partial charge in [0.2, 0.25) is 11.8 Å². The quantitative estimate of drug-likeness (QED) is 0.863. The second-order valence-corrected chi connectivity index (χ2v) is 6.20. The SMILES string of the molecule is CCC1CC2C(=O)N(Cc3ccc(CO)cc3)C(=O)C2C1. The topological polar surface area (TPSA) is 57.6 Å². The number of fused-ring (bicyclic) bond motifs is 1. The van der Waals surface area contributed by atoms with E-state index in [1.807, 2.05) is 24.3 Å². The summed E-state index contributed by atoms with van der Waals surface area (Å²) in [6, 6.07) is 7.40. The number of aliphatic hydroxyl groups excluding tert-OH is 1. The highest BCUT2D eigenvalue weighted by atomic mass is 16.3. The Morgan fingerprint density at radius 1 is 1.05 bits per heavy atom. The molecule has 0 spiro atoms. The number of benzene rings is 1. The van der Waals surface area contributed by atoms with E-state index in [1.54, 1.807) is 0 Å². The first-order chi connectivity index (χ1) is 10.1. The number of aliphatic hydroxyl groups is 1. The summed E-state index contributed by atoms with van der Waals surface area (Å²) in [5, 5.41) is 9.04. The molecular formula is C17H21NO3. The third-order valence-corrected chi connectivity index (χ3v) is 4.95. The molecule has 112 valence electrons. The van der Waals surface area contributed by atoms with Crippen LogP contribution in [0.25, 0.3) is 0 Å². The van der Waals surface area contributed by atoms with Gasteiger partial charge in [-0.25, -0.2) is 0 Å². The molecule has 2 fully saturated rings. The Hall–Kier alpha value is -1.68. The molecule has 2 unspecified atom stereocenters. The summed E-state index contributed by atoms with van der Waals surface area (Å²) in [5.74, 6) is 0.372. The maximum Gasteiger partial charge on any atom is 0.233 e. The van der Waals surface area contributed by atoms with Crippen molar-refractivity contribution in [1.29, 1.82) is 0 Å². The Labute approximate surface area is 124 Å². The van der Waals surface area contributed by atoms with Crippen LogP contribution in [0.2, 0.25) is 0 Å². The standard InChI is InChI=1S/C17H21NO3/c1-2-11-7-14-15(8-11)17(21)18(16(14)20)9-12-3-5-13(10-19)6-4-12/h3-6,11,14-15,19H,2,7-10H2,1H3. The lowest BCUT2D eigenvalue weighted by Crippen LogP contribution is -2.31. The zero-order chi connectivity index (χ0) is 15.0. The summed E-state index contributed by atoms with van der Waals surface area (Å²) in [6.07, 6.45) is 2.79. The summed E-state index contributed by atoms with van der Waals surface area (Å²) in [4.78, 5) is 26.3. The Kier molecular flexibility index (Phi) is 3.81. The van der Waals surface area contributed by atoms with Crippen molar-refractivity contribution in [3.63, 3.8) is 0 Å². The Bertz CT molecular complexity index is 528. The lowest BCUT2D eigenvalue weighted by molar-refractivity contribution is -0.141. The number of hydrogen-bond donors (Lipinski definition) is 1. The second kappa shape index (κ2) is 5.60. The van der Waals surface area contributed by atoms with Crippen molar-refractivity contribution in [3.05, 3.63) is 35.4 Å². The summed E-state index contributed by atoms with van der Waals surface area (Å²) >= 11 is 0. The Morgan fingerprint density at radius 3 is 2.05 bits per heavy atom. The predicted molar refractivity (Wildman–Crippen MR) is 77.9 cm³/mol. The molecule has 2 atom stereocenters. The molecule has 4 heteroatoms. The number of rotatable bonds is 4. The lowest BCUT2D eigenvalue weighted by atomic mass is 10.00. The molecule has 0 bridgehead atoms. The van der Waals surface area contributed by atoms with E-state index in [-0.39, 0.29) is 30.3 Å². The summed E-state index contributed by atoms with van der Waals surface area (Å²) in [5.41, 5.74) is 1.77. The van der Waals surface area contributed by atoms with Gasteiger partial charge in [0.1, 0.15) is 0 Å². The van der Waals surface area contributed by atoms with Gasteiger partial charge in [0.15, 0.2) is 0 Å². The molecule has 1 heterocycles. The summed E-state index contributed by atoms with van der Waals surface area (Å²) < 4.78 is 0. The molecule has 1 saturated carbocycles. The van der Waals surface area contributed by atoms with E-state index < -0.39 is 0 Å². The predicted octanol–water partition coefficient (Wildman–Crippen LogP) is 2.10. The molecule has 21 heavy (non-hydrogen) atoms. The minimum atomic E-state index is -0.0841. The van der Waals surface area contributed by atoms with Crippen LogP contribution in [-0.2, 0) is 22.7 Å². The second-order valence-electron chi connectivity index (χ2n) is 6.20. The number of carbonyl (C=O) groups excluding carboxylic acids is 2. The van der Waals surface area contributed by atoms with Crippen molar-refractivity contribution in [2.45, 2.75) is 39.3 Å². The third kappa shape index (κ3) is 2.48. The molecule has 0 radical (unpaired) electrons. The minimum absolute atomic E-state index is 0.00437. The van der Waals surface area contributed by atoms with Crippen molar-refractivity contribution >= 4 is 11.8 Å². The fourth-order valence-electron chi connectivity index (χ4n) is 3.62. The van der Waals surface area contributed by atoms with Crippen LogP contribution in [0.3, 0.4) is 0 Å². The zero-order valence-corrected chi connectivity index (χ0v) is 12.3. The number of likely N-dealkylation sites (tertiary alicyclic amines) is 1. The van der Waals surface area contributed by atoms with E-state index >= 15 is 0 Å². The molecule has 0 aromatic heterocycles. The Morgan fingerprint density at radius 2 is 1.57 bits per heavy atom. The van der Waals surface area contributed by atoms with Crippen molar-refractivity contribution in [1.82, 2.24) is 4.90 Å². The number of carbonyl (C=O) groups is 2. The van der Waals surface area contributed by atoms with E-state index in [0.717, 1.165) is 30.4 Å². The lowest BCUT2D eigenvalue weighted by Gasteiger charge is -2.17. The molecule has 1 aromatic carbocycles. The average molecular weight is 287 g/mol. The highest BCUT2D eigenvalue weighted by Gasteiger charge is 2.51. The molecule has 1 aliphatic heterocycles. The molecule has 2 amide bonds. The van der Waals surface area contributed by atoms with Crippen LogP contribution in [0.5, 0.6) is 0 Å². The van der Waals surface area contributed by atoms with Crippen LogP contribution >= 0.6 is 0 Å². The average Bonchev–Trinajstić information content (AvgIpc) is 3.03. The van der Waals surface area contributed by atoms with Gasteiger partial charge in [0.25, 0.3) is 0 Å². The number of amides is 2. The summed E-state index contributed by atoms with van der Waals surface area (Å²) in [6.45, 7) is 2.48. The van der Waals surface area contributed by atoms with Gasteiger partial charge < -0.3 is 5.11 Å². The van der Waals surface area contributed by atoms with Crippen LogP contribution in [0.4, 0.5) is 0 Å². The van der Waals surface area contributed by atoms with Crippen LogP contribution in [0.1, 0.15) is 37.3 Å². The van der Waals surface area contributed by atoms with Gasteiger partial charge >= 0.3 is 0 Å². The number of nitrogens with zero attached hydrogens (tertiary/aromatic N) is 1. The van der Waals surface area contributed by atoms with E-state index in [9.17, 15) is 9.59 Å². The highest BCUT2D eigenvalue weighted by molar-refractivity contribution is 6.05. The number of imide groups is 1. The maximum absolute atomic E-state index is 12.5. The molecule has 3 rings (SSSR count). The van der Waals surface area contributed by atoms with Gasteiger partial charge in [-0.3, -0.25) is 14.5 Å². The van der Waals surface area contributed by atoms with Gasteiger partial charge in [-0.1, -0.05) is 37.6 Å². The maximum atomic E-state index is 12.5. The van der Waals surface area contributed by atoms with Crippen LogP contribution in [0, 0.1) is 17.8 Å². The molecule has 1 aliphatic carbocycles. The van der Waals surface area contributed by atoms with Crippen LogP contribution < -0.4 is 0 Å². The number of hydrogen-bond acceptors (Lipinski definition) is 3. The minimum Gasteiger partial charge on any atom is -0.392 e. The van der Waals surface area contributed by atoms with Crippen molar-refractivity contribution in [2.75, 3.05) is 0 Å². The van der Waals surface area contributed by atoms with E-state index in [4.69, 9.17) is 5.11 Å². The normalized spacial score (nSPS) is 28.3. The van der Waals surface area contributed by atoms with E-state index in [2.05, 4.69) is 6.92 Å². The molecular weight excluding hydrogens is 266 g/mol. The highest BCUT2D eigenvalue weighted by Crippen LogP contribution is 2.44. The van der Waals surface area contributed by atoms with Crippen molar-refractivity contribution in [3.8, 4) is 0 Å². The molecule has 2 aliphatic rings. The monoisotopic (exact) mass is 287 g/mol. The first-order valence-corrected chi connectivity index (χ1v) is 7.68. The fraction of sp³-hybridized carbons (Fsp3) is 0.529. The van der Waals surface area contributed by atoms with Crippen LogP contribution in [-0.4, -0.2) is 21.8 Å². The molecule has 1 N–H and O–H groups in total. The van der Waals surface area contributed by atoms with Gasteiger partial charge in [0.05, 0.1) is 25.0 Å². The molecule has 1 saturated heterocycles. The Balaban J connectivity index is 1.72. The smallest absolute Gasteiger partial charge is 0.233 e. The van der Waals surface area contributed by atoms with E-state index in [0.29, 0.717) is 12.5 Å². The largest absolute Gasteiger partial charge is 0.392 e. The molecule has 1 aromatic rings. The van der Waals surface area contributed by atoms with Gasteiger partial charge in [-0.15, -0.1) is 0 Å². The van der Waals surface area contributed by atoms with Gasteiger partial charge in [-0.2, -0.15) is 0 Å². The first kappa shape index (κ1) is 14.3. The van der Waals surface area contributed by atoms with Gasteiger partial charge in [0, 0.05) is 0 Å². The molecule has 4 nitrogen and oxygen atoms in total.